The second-order valence-corrected chi connectivity index (χ2v) is 4.91. The van der Waals surface area contributed by atoms with Crippen LogP contribution in [0.5, 0.6) is 0 Å². The van der Waals surface area contributed by atoms with Gasteiger partial charge in [0.15, 0.2) is 0 Å². The van der Waals surface area contributed by atoms with Gasteiger partial charge in [-0.05, 0) is 27.4 Å². The van der Waals surface area contributed by atoms with E-state index >= 15 is 0 Å². The van der Waals surface area contributed by atoms with Crippen LogP contribution in [-0.4, -0.2) is 45.6 Å². The van der Waals surface area contributed by atoms with Gasteiger partial charge >= 0.3 is 0 Å². The van der Waals surface area contributed by atoms with Crippen LogP contribution in [0.4, 0.5) is 0 Å². The normalized spacial score (nSPS) is 17.1. The Labute approximate surface area is 103 Å². The van der Waals surface area contributed by atoms with Gasteiger partial charge in [0.1, 0.15) is 0 Å². The van der Waals surface area contributed by atoms with Gasteiger partial charge in [-0.3, -0.25) is 16.0 Å². The summed E-state index contributed by atoms with van der Waals surface area (Å²) in [5.74, 6) is 5.70. The Hall–Kier alpha value is -0.980. The van der Waals surface area contributed by atoms with Crippen LogP contribution in [0.3, 0.4) is 0 Å². The maximum atomic E-state index is 5.70. The summed E-state index contributed by atoms with van der Waals surface area (Å²) in [5.41, 5.74) is 3.86. The zero-order chi connectivity index (χ0) is 13.1. The molecule has 1 aromatic rings. The summed E-state index contributed by atoms with van der Waals surface area (Å²) in [6.07, 6.45) is 3.71. The number of nitrogens with zero attached hydrogens (tertiary/aromatic N) is 4. The first kappa shape index (κ1) is 14.1. The minimum atomic E-state index is -0.00767. The van der Waals surface area contributed by atoms with Crippen molar-refractivity contribution in [1.29, 1.82) is 0 Å². The Kier molecular flexibility index (Phi) is 4.62. The summed E-state index contributed by atoms with van der Waals surface area (Å²) in [7, 11) is 6.02. The van der Waals surface area contributed by atoms with E-state index < -0.39 is 0 Å². The van der Waals surface area contributed by atoms with E-state index in [1.54, 1.807) is 4.68 Å². The summed E-state index contributed by atoms with van der Waals surface area (Å²) >= 11 is 0. The number of rotatable bonds is 6. The van der Waals surface area contributed by atoms with Gasteiger partial charge in [0.05, 0.1) is 5.69 Å². The van der Waals surface area contributed by atoms with Crippen molar-refractivity contribution < 1.29 is 0 Å². The number of aromatic nitrogens is 3. The van der Waals surface area contributed by atoms with Crippen molar-refractivity contribution in [3.8, 4) is 0 Å². The van der Waals surface area contributed by atoms with E-state index in [9.17, 15) is 0 Å². The van der Waals surface area contributed by atoms with Gasteiger partial charge < -0.3 is 4.90 Å². The van der Waals surface area contributed by atoms with E-state index in [4.69, 9.17) is 5.84 Å². The van der Waals surface area contributed by atoms with Gasteiger partial charge in [-0.2, -0.15) is 0 Å². The molecule has 0 radical (unpaired) electrons. The number of hydrogen-bond donors (Lipinski definition) is 2. The minimum Gasteiger partial charge on any atom is -0.302 e. The quantitative estimate of drug-likeness (QED) is 0.537. The molecule has 0 aliphatic carbocycles. The first-order valence-electron chi connectivity index (χ1n) is 5.92. The Bertz CT molecular complexity index is 347. The monoisotopic (exact) mass is 240 g/mol. The van der Waals surface area contributed by atoms with Crippen LogP contribution >= 0.6 is 0 Å². The van der Waals surface area contributed by atoms with E-state index in [2.05, 4.69) is 48.6 Å². The molecule has 6 heteroatoms. The fraction of sp³-hybridized carbons (Fsp3) is 0.818. The van der Waals surface area contributed by atoms with Crippen molar-refractivity contribution in [2.75, 3.05) is 14.1 Å². The van der Waals surface area contributed by atoms with Crippen LogP contribution in [-0.2, 0) is 13.5 Å². The van der Waals surface area contributed by atoms with Gasteiger partial charge in [-0.1, -0.05) is 12.1 Å². The van der Waals surface area contributed by atoms with Crippen molar-refractivity contribution in [1.82, 2.24) is 25.3 Å². The van der Waals surface area contributed by atoms with Gasteiger partial charge in [0.25, 0.3) is 0 Å². The second-order valence-electron chi connectivity index (χ2n) is 4.91. The average Bonchev–Trinajstić information content (AvgIpc) is 2.70. The molecule has 3 N–H and O–H groups in total. The maximum absolute atomic E-state index is 5.70. The molecule has 1 heterocycles. The number of nitrogens with one attached hydrogen (secondary N) is 1. The first-order chi connectivity index (χ1) is 7.93. The fourth-order valence-electron chi connectivity index (χ4n) is 2.03. The number of nitrogens with two attached hydrogens (primary N) is 1. The molecule has 0 saturated heterocycles. The predicted molar refractivity (Wildman–Crippen MR) is 68.2 cm³/mol. The largest absolute Gasteiger partial charge is 0.302 e. The standard InChI is InChI=1S/C11H24N6/c1-6-11(2,16(3)4)10(13-12)7-9-8-17(5)15-14-9/h8,10,13H,6-7,12H2,1-5H3. The molecule has 1 aromatic heterocycles. The number of likely N-dealkylation sites (N-methyl/N-ethyl adjacent to an activating group) is 1. The van der Waals surface area contributed by atoms with Gasteiger partial charge in [-0.25, -0.2) is 0 Å². The molecule has 98 valence electrons. The zero-order valence-electron chi connectivity index (χ0n) is 11.4. The lowest BCUT2D eigenvalue weighted by atomic mass is 9.85. The topological polar surface area (TPSA) is 72.0 Å². The molecule has 2 atom stereocenters. The van der Waals surface area contributed by atoms with Crippen LogP contribution in [0.1, 0.15) is 26.0 Å². The van der Waals surface area contributed by atoms with Gasteiger partial charge in [0, 0.05) is 31.2 Å². The highest BCUT2D eigenvalue weighted by Gasteiger charge is 2.34. The molecule has 0 aliphatic rings. The third-order valence-corrected chi connectivity index (χ3v) is 3.75. The number of hydrogen-bond acceptors (Lipinski definition) is 5. The molecular formula is C11H24N6. The highest BCUT2D eigenvalue weighted by molar-refractivity contribution is 5.03. The summed E-state index contributed by atoms with van der Waals surface area (Å²) < 4.78 is 1.71. The molecule has 17 heavy (non-hydrogen) atoms. The summed E-state index contributed by atoms with van der Waals surface area (Å²) in [5, 5.41) is 8.05. The Morgan fingerprint density at radius 3 is 2.59 bits per heavy atom. The lowest BCUT2D eigenvalue weighted by Crippen LogP contribution is -2.59. The lowest BCUT2D eigenvalue weighted by molar-refractivity contribution is 0.112. The average molecular weight is 240 g/mol. The SMILES string of the molecule is CCC(C)(C(Cc1cn(C)nn1)NN)N(C)C. The molecule has 0 bridgehead atoms. The van der Waals surface area contributed by atoms with Crippen LogP contribution in [0, 0.1) is 0 Å². The summed E-state index contributed by atoms with van der Waals surface area (Å²) in [6.45, 7) is 4.37. The van der Waals surface area contributed by atoms with Crippen molar-refractivity contribution >= 4 is 0 Å². The van der Waals surface area contributed by atoms with Crippen molar-refractivity contribution in [3.05, 3.63) is 11.9 Å². The van der Waals surface area contributed by atoms with E-state index in [-0.39, 0.29) is 11.6 Å². The molecule has 0 spiro atoms. The summed E-state index contributed by atoms with van der Waals surface area (Å²) in [6, 6.07) is 0.138. The molecule has 0 amide bonds. The summed E-state index contributed by atoms with van der Waals surface area (Å²) in [4.78, 5) is 2.20. The van der Waals surface area contributed by atoms with Crippen molar-refractivity contribution in [2.24, 2.45) is 12.9 Å². The predicted octanol–water partition coefficient (Wildman–Crippen LogP) is -0.0802. The van der Waals surface area contributed by atoms with Crippen LogP contribution in [0.15, 0.2) is 6.20 Å². The maximum Gasteiger partial charge on any atom is 0.0843 e. The third kappa shape index (κ3) is 3.02. The number of hydrazine groups is 1. The molecule has 1 rings (SSSR count). The van der Waals surface area contributed by atoms with Crippen LogP contribution in [0.25, 0.3) is 0 Å². The Morgan fingerprint density at radius 2 is 2.24 bits per heavy atom. The highest BCUT2D eigenvalue weighted by Crippen LogP contribution is 2.22. The van der Waals surface area contributed by atoms with E-state index in [0.29, 0.717) is 0 Å². The smallest absolute Gasteiger partial charge is 0.0843 e. The van der Waals surface area contributed by atoms with Gasteiger partial charge in [0.2, 0.25) is 0 Å². The van der Waals surface area contributed by atoms with Crippen LogP contribution in [0.2, 0.25) is 0 Å². The zero-order valence-corrected chi connectivity index (χ0v) is 11.4. The van der Waals surface area contributed by atoms with E-state index in [1.807, 2.05) is 13.2 Å². The molecule has 0 fully saturated rings. The lowest BCUT2D eigenvalue weighted by Gasteiger charge is -2.42. The molecule has 0 saturated carbocycles. The first-order valence-corrected chi connectivity index (χ1v) is 5.92. The molecule has 0 aromatic carbocycles. The molecule has 6 nitrogen and oxygen atoms in total. The highest BCUT2D eigenvalue weighted by atomic mass is 15.4. The molecular weight excluding hydrogens is 216 g/mol. The van der Waals surface area contributed by atoms with E-state index in [1.165, 1.54) is 0 Å². The third-order valence-electron chi connectivity index (χ3n) is 3.75. The van der Waals surface area contributed by atoms with Gasteiger partial charge in [-0.15, -0.1) is 5.10 Å². The van der Waals surface area contributed by atoms with Crippen molar-refractivity contribution in [3.63, 3.8) is 0 Å². The fourth-order valence-corrected chi connectivity index (χ4v) is 2.03. The van der Waals surface area contributed by atoms with Crippen molar-refractivity contribution in [2.45, 2.75) is 38.3 Å². The number of aryl methyl sites for hydroxylation is 1. The minimum absolute atomic E-state index is 0.00767. The Balaban J connectivity index is 2.83. The van der Waals surface area contributed by atoms with Crippen LogP contribution < -0.4 is 11.3 Å². The Morgan fingerprint density at radius 1 is 1.59 bits per heavy atom. The second kappa shape index (κ2) is 5.57. The molecule has 0 aliphatic heterocycles. The molecule has 2 unspecified atom stereocenters. The van der Waals surface area contributed by atoms with E-state index in [0.717, 1.165) is 18.5 Å².